The van der Waals surface area contributed by atoms with Crippen molar-refractivity contribution in [2.75, 3.05) is 0 Å². The van der Waals surface area contributed by atoms with Gasteiger partial charge in [-0.1, -0.05) is 60.7 Å². The van der Waals surface area contributed by atoms with Gasteiger partial charge in [0.05, 0.1) is 11.8 Å². The zero-order valence-corrected chi connectivity index (χ0v) is 26.2. The molecule has 0 N–H and O–H groups in total. The number of esters is 2. The third kappa shape index (κ3) is 7.03. The molecule has 9 heteroatoms. The smallest absolute Gasteiger partial charge is 0.311 e. The second-order valence-corrected chi connectivity index (χ2v) is 14.3. The molecule has 3 fully saturated rings. The van der Waals surface area contributed by atoms with E-state index in [4.69, 9.17) is 28.4 Å². The van der Waals surface area contributed by atoms with Gasteiger partial charge in [-0.3, -0.25) is 9.59 Å². The minimum absolute atomic E-state index is 0.122. The molecule has 2 aromatic carbocycles. The van der Waals surface area contributed by atoms with Crippen LogP contribution in [0.4, 0.5) is 0 Å². The largest absolute Gasteiger partial charge is 0.455 e. The van der Waals surface area contributed by atoms with Gasteiger partial charge in [-0.05, 0) is 59.6 Å². The number of thioether (sulfide) groups is 1. The first-order chi connectivity index (χ1) is 19.7. The number of carbonyl (C=O) groups is 2. The maximum atomic E-state index is 13.8. The summed E-state index contributed by atoms with van der Waals surface area (Å²) < 4.78 is 37.4. The van der Waals surface area contributed by atoms with Crippen LogP contribution in [0.2, 0.25) is 0 Å². The van der Waals surface area contributed by atoms with E-state index in [9.17, 15) is 9.59 Å². The Balaban J connectivity index is 1.41. The average molecular weight is 599 g/mol. The molecule has 2 heterocycles. The Morgan fingerprint density at radius 3 is 1.76 bits per heavy atom. The molecule has 1 aliphatic carbocycles. The summed E-state index contributed by atoms with van der Waals surface area (Å²) in [7, 11) is 0. The van der Waals surface area contributed by atoms with Crippen LogP contribution >= 0.6 is 11.8 Å². The second-order valence-electron chi connectivity index (χ2n) is 13.1. The fraction of sp³-hybridized carbons (Fsp3) is 0.576. The van der Waals surface area contributed by atoms with Crippen LogP contribution < -0.4 is 0 Å². The van der Waals surface area contributed by atoms with Gasteiger partial charge in [-0.2, -0.15) is 0 Å². The van der Waals surface area contributed by atoms with Gasteiger partial charge in [0.2, 0.25) is 0 Å². The molecule has 0 bridgehead atoms. The summed E-state index contributed by atoms with van der Waals surface area (Å²) in [5.41, 5.74) is 1.42. The monoisotopic (exact) mass is 598 g/mol. The van der Waals surface area contributed by atoms with Crippen molar-refractivity contribution in [3.05, 3.63) is 71.8 Å². The first kappa shape index (κ1) is 31.0. The molecule has 0 unspecified atom stereocenters. The lowest BCUT2D eigenvalue weighted by molar-refractivity contribution is -0.214. The van der Waals surface area contributed by atoms with Crippen molar-refractivity contribution in [1.82, 2.24) is 0 Å². The Kier molecular flexibility index (Phi) is 8.80. The maximum absolute atomic E-state index is 13.8. The van der Waals surface area contributed by atoms with Crippen molar-refractivity contribution in [1.29, 1.82) is 0 Å². The normalized spacial score (nSPS) is 30.2. The highest BCUT2D eigenvalue weighted by Gasteiger charge is 2.66. The van der Waals surface area contributed by atoms with Gasteiger partial charge < -0.3 is 28.4 Å². The molecule has 228 valence electrons. The summed E-state index contributed by atoms with van der Waals surface area (Å²) >= 11 is 1.68. The molecular formula is C33H42O8S. The first-order valence-corrected chi connectivity index (χ1v) is 15.6. The number of benzene rings is 2. The highest BCUT2D eigenvalue weighted by atomic mass is 32.2. The molecule has 2 saturated heterocycles. The molecule has 0 radical (unpaired) electrons. The molecule has 1 saturated carbocycles. The minimum Gasteiger partial charge on any atom is -0.455 e. The van der Waals surface area contributed by atoms with E-state index >= 15 is 0 Å². The van der Waals surface area contributed by atoms with Crippen molar-refractivity contribution in [2.24, 2.45) is 5.41 Å². The van der Waals surface area contributed by atoms with Crippen molar-refractivity contribution in [2.45, 2.75) is 114 Å². The van der Waals surface area contributed by atoms with Crippen molar-refractivity contribution < 1.29 is 38.0 Å². The van der Waals surface area contributed by atoms with Gasteiger partial charge in [-0.15, -0.1) is 11.8 Å². The molecule has 5 rings (SSSR count). The number of rotatable bonds is 8. The zero-order valence-electron chi connectivity index (χ0n) is 25.4. The van der Waals surface area contributed by atoms with Crippen molar-refractivity contribution in [3.8, 4) is 0 Å². The van der Waals surface area contributed by atoms with E-state index in [2.05, 4.69) is 12.1 Å². The Bertz CT molecular complexity index is 1240. The molecule has 3 aliphatic rings. The van der Waals surface area contributed by atoms with E-state index in [0.717, 1.165) is 11.3 Å². The quantitative estimate of drug-likeness (QED) is 0.341. The van der Waals surface area contributed by atoms with E-state index < -0.39 is 65.6 Å². The van der Waals surface area contributed by atoms with E-state index in [0.29, 0.717) is 0 Å². The van der Waals surface area contributed by atoms with Crippen molar-refractivity contribution >= 4 is 23.7 Å². The number of hydrogen-bond donors (Lipinski definition) is 0. The van der Waals surface area contributed by atoms with E-state index in [1.54, 1.807) is 46.4 Å². The van der Waals surface area contributed by atoms with Crippen LogP contribution in [-0.2, 0) is 43.8 Å². The lowest BCUT2D eigenvalue weighted by Crippen LogP contribution is -2.64. The molecule has 2 aromatic rings. The molecule has 0 aromatic heterocycles. The van der Waals surface area contributed by atoms with Crippen LogP contribution in [0, 0.1) is 5.41 Å². The highest BCUT2D eigenvalue weighted by molar-refractivity contribution is 7.98. The van der Waals surface area contributed by atoms with Gasteiger partial charge >= 0.3 is 11.9 Å². The number of fused-ring (bicyclic) bond motifs is 3. The number of hydrogen-bond acceptors (Lipinski definition) is 9. The summed E-state index contributed by atoms with van der Waals surface area (Å²) in [6, 6.07) is 20.1. The minimum atomic E-state index is -0.957. The third-order valence-corrected chi connectivity index (χ3v) is 8.90. The Morgan fingerprint density at radius 2 is 1.24 bits per heavy atom. The molecule has 8 nitrogen and oxygen atoms in total. The fourth-order valence-corrected chi connectivity index (χ4v) is 6.85. The maximum Gasteiger partial charge on any atom is 0.311 e. The van der Waals surface area contributed by atoms with E-state index in [-0.39, 0.29) is 11.7 Å². The Hall–Kier alpha value is -2.43. The number of ether oxygens (including phenoxy) is 6. The number of carbonyl (C=O) groups excluding carboxylic acids is 2. The first-order valence-electron chi connectivity index (χ1n) is 14.5. The van der Waals surface area contributed by atoms with Gasteiger partial charge in [0, 0.05) is 11.0 Å². The predicted molar refractivity (Wildman–Crippen MR) is 158 cm³/mol. The molecule has 7 atom stereocenters. The van der Waals surface area contributed by atoms with Crippen LogP contribution in [0.25, 0.3) is 0 Å². The molecule has 0 amide bonds. The summed E-state index contributed by atoms with van der Waals surface area (Å²) in [5, 5.41) is -0.149. The average Bonchev–Trinajstić information content (AvgIpc) is 3.43. The topological polar surface area (TPSA) is 89.5 Å². The molecule has 42 heavy (non-hydrogen) atoms. The van der Waals surface area contributed by atoms with Crippen LogP contribution in [0.3, 0.4) is 0 Å². The lowest BCUT2D eigenvalue weighted by atomic mass is 9.84. The van der Waals surface area contributed by atoms with Gasteiger partial charge in [0.15, 0.2) is 23.8 Å². The molecule has 2 aliphatic heterocycles. The molecule has 0 spiro atoms. The third-order valence-electron chi connectivity index (χ3n) is 7.56. The summed E-state index contributed by atoms with van der Waals surface area (Å²) in [4.78, 5) is 26.9. The Labute approximate surface area is 252 Å². The molecular weight excluding hydrogens is 556 g/mol. The predicted octanol–water partition coefficient (Wildman–Crippen LogP) is 5.97. The highest BCUT2D eigenvalue weighted by Crippen LogP contribution is 2.47. The van der Waals surface area contributed by atoms with Crippen LogP contribution in [0.1, 0.15) is 71.3 Å². The Morgan fingerprint density at radius 1 is 0.762 bits per heavy atom. The zero-order chi connectivity index (χ0) is 30.3. The van der Waals surface area contributed by atoms with E-state index in [1.807, 2.05) is 62.4 Å². The fourth-order valence-electron chi connectivity index (χ4n) is 5.66. The van der Waals surface area contributed by atoms with Crippen LogP contribution in [0.5, 0.6) is 0 Å². The van der Waals surface area contributed by atoms with Crippen LogP contribution in [0.15, 0.2) is 60.7 Å². The summed E-state index contributed by atoms with van der Waals surface area (Å²) in [6.07, 6.45) is -4.35. The van der Waals surface area contributed by atoms with Crippen molar-refractivity contribution in [3.63, 3.8) is 0 Å². The lowest BCUT2D eigenvalue weighted by Gasteiger charge is -2.42. The van der Waals surface area contributed by atoms with Gasteiger partial charge in [0.1, 0.15) is 24.4 Å². The summed E-state index contributed by atoms with van der Waals surface area (Å²) in [5.74, 6) is -2.02. The van der Waals surface area contributed by atoms with Gasteiger partial charge in [0.25, 0.3) is 0 Å². The summed E-state index contributed by atoms with van der Waals surface area (Å²) in [6.45, 7) is 12.6. The standard InChI is InChI=1S/C33H42O8S/c1-31(2,3)30(35)37-25-24(26-28(40-32(4,5)38-26)29-27(25)39-33(6,7)41-29)36-23(34)18-22(21-16-12-9-13-17-21)42-19-20-14-10-8-11-15-20/h8-17,22,24-29H,18-19H2,1-7H3/t22-,24+,25+,26-,27-,28-,29-/m0/s1. The SMILES string of the molecule is CC1(C)O[C@@H]2[C@H]3OC(C)(C)O[C@H]3[C@H](OC(=O)C(C)(C)C)[C@@H](OC(=O)C[C@H](SCc3ccccc3)c3ccccc3)[C@@H]2O1. The second kappa shape index (κ2) is 11.9. The van der Waals surface area contributed by atoms with Crippen LogP contribution in [-0.4, -0.2) is 60.1 Å². The van der Waals surface area contributed by atoms with Gasteiger partial charge in [-0.25, -0.2) is 0 Å². The van der Waals surface area contributed by atoms with E-state index in [1.165, 1.54) is 5.56 Å².